The summed E-state index contributed by atoms with van der Waals surface area (Å²) in [5.41, 5.74) is 0. The van der Waals surface area contributed by atoms with Gasteiger partial charge in [0.25, 0.3) is 0 Å². The third-order valence-electron chi connectivity index (χ3n) is 2.06. The average molecular weight is 263 g/mol. The first kappa shape index (κ1) is 16.1. The molecule has 1 unspecified atom stereocenters. The second-order valence-corrected chi connectivity index (χ2v) is 4.86. The maximum absolute atomic E-state index is 11.4. The number of hydrogen-bond acceptors (Lipinski definition) is 4. The molecule has 0 heterocycles. The van der Waals surface area contributed by atoms with Crippen molar-refractivity contribution < 1.29 is 14.7 Å². The Bertz CT molecular complexity index is 249. The third kappa shape index (κ3) is 8.82. The molecular formula is C10H21N3O3S. The van der Waals surface area contributed by atoms with Gasteiger partial charge in [0.1, 0.15) is 6.04 Å². The summed E-state index contributed by atoms with van der Waals surface area (Å²) in [6, 6.07) is -1.25. The lowest BCUT2D eigenvalue weighted by Gasteiger charge is -2.15. The molecule has 6 nitrogen and oxygen atoms in total. The summed E-state index contributed by atoms with van der Waals surface area (Å²) in [6.07, 6.45) is 2.33. The molecule has 0 aliphatic rings. The van der Waals surface area contributed by atoms with E-state index < -0.39 is 18.0 Å². The zero-order valence-corrected chi connectivity index (χ0v) is 11.3. The molecule has 1 atom stereocenters. The van der Waals surface area contributed by atoms with Crippen LogP contribution in [0.25, 0.3) is 0 Å². The third-order valence-corrected chi connectivity index (χ3v) is 2.70. The minimum atomic E-state index is -0.998. The normalized spacial score (nSPS) is 12.2. The van der Waals surface area contributed by atoms with Gasteiger partial charge in [0.2, 0.25) is 0 Å². The topological polar surface area (TPSA) is 81.7 Å². The molecule has 7 heteroatoms. The van der Waals surface area contributed by atoms with Crippen LogP contribution < -0.4 is 10.6 Å². The first-order valence-electron chi connectivity index (χ1n) is 5.38. The summed E-state index contributed by atoms with van der Waals surface area (Å²) < 4.78 is 0. The van der Waals surface area contributed by atoms with E-state index in [4.69, 9.17) is 5.11 Å². The van der Waals surface area contributed by atoms with Crippen LogP contribution in [0.2, 0.25) is 0 Å². The van der Waals surface area contributed by atoms with Gasteiger partial charge in [0, 0.05) is 13.1 Å². The minimum absolute atomic E-state index is 0.428. The molecule has 0 saturated carbocycles. The molecule has 0 aromatic carbocycles. The molecule has 17 heavy (non-hydrogen) atoms. The molecule has 100 valence electrons. The quantitative estimate of drug-likeness (QED) is 0.576. The number of carbonyl (C=O) groups excluding carboxylic acids is 1. The van der Waals surface area contributed by atoms with Crippen LogP contribution in [0, 0.1) is 0 Å². The van der Waals surface area contributed by atoms with Crippen molar-refractivity contribution in [1.29, 1.82) is 0 Å². The molecule has 0 radical (unpaired) electrons. The summed E-state index contributed by atoms with van der Waals surface area (Å²) in [5.74, 6) is -0.295. The van der Waals surface area contributed by atoms with Crippen LogP contribution in [-0.2, 0) is 4.79 Å². The van der Waals surface area contributed by atoms with Gasteiger partial charge in [0.15, 0.2) is 0 Å². The van der Waals surface area contributed by atoms with E-state index in [1.54, 1.807) is 11.8 Å². The summed E-state index contributed by atoms with van der Waals surface area (Å²) in [6.45, 7) is 1.21. The SMILES string of the molecule is CSCCC(NC(=O)NCCN(C)C)C(=O)O. The van der Waals surface area contributed by atoms with Gasteiger partial charge in [-0.3, -0.25) is 0 Å². The number of amides is 2. The van der Waals surface area contributed by atoms with Crippen molar-refractivity contribution in [2.45, 2.75) is 12.5 Å². The van der Waals surface area contributed by atoms with Gasteiger partial charge in [-0.25, -0.2) is 9.59 Å². The van der Waals surface area contributed by atoms with Gasteiger partial charge in [-0.1, -0.05) is 0 Å². The van der Waals surface area contributed by atoms with Crippen LogP contribution in [0.15, 0.2) is 0 Å². The second kappa shape index (κ2) is 9.12. The minimum Gasteiger partial charge on any atom is -0.480 e. The van der Waals surface area contributed by atoms with Gasteiger partial charge in [-0.2, -0.15) is 11.8 Å². The Morgan fingerprint density at radius 2 is 2.06 bits per heavy atom. The smallest absolute Gasteiger partial charge is 0.326 e. The van der Waals surface area contributed by atoms with Crippen LogP contribution in [-0.4, -0.2) is 67.2 Å². The Labute approximate surface area is 106 Å². The Balaban J connectivity index is 3.91. The van der Waals surface area contributed by atoms with Crippen LogP contribution in [0.1, 0.15) is 6.42 Å². The van der Waals surface area contributed by atoms with Crippen LogP contribution in [0.3, 0.4) is 0 Å². The Morgan fingerprint density at radius 3 is 2.53 bits per heavy atom. The van der Waals surface area contributed by atoms with Crippen molar-refractivity contribution in [3.8, 4) is 0 Å². The van der Waals surface area contributed by atoms with E-state index in [0.717, 1.165) is 6.54 Å². The summed E-state index contributed by atoms with van der Waals surface area (Å²) in [5, 5.41) is 14.0. The highest BCUT2D eigenvalue weighted by Crippen LogP contribution is 2.00. The predicted octanol–water partition coefficient (Wildman–Crippen LogP) is 0.0535. The number of carbonyl (C=O) groups is 2. The number of hydrogen-bond donors (Lipinski definition) is 3. The van der Waals surface area contributed by atoms with Crippen molar-refractivity contribution in [3.05, 3.63) is 0 Å². The highest BCUT2D eigenvalue weighted by Gasteiger charge is 2.18. The van der Waals surface area contributed by atoms with Crippen molar-refractivity contribution in [2.24, 2.45) is 0 Å². The molecule has 0 spiro atoms. The average Bonchev–Trinajstić information content (AvgIpc) is 2.23. The Kier molecular flexibility index (Phi) is 8.61. The number of likely N-dealkylation sites (N-methyl/N-ethyl adjacent to an activating group) is 1. The second-order valence-electron chi connectivity index (χ2n) is 3.88. The van der Waals surface area contributed by atoms with Gasteiger partial charge >= 0.3 is 12.0 Å². The van der Waals surface area contributed by atoms with E-state index in [0.29, 0.717) is 18.7 Å². The molecular weight excluding hydrogens is 242 g/mol. The fourth-order valence-electron chi connectivity index (χ4n) is 1.10. The number of rotatable bonds is 8. The molecule has 0 fully saturated rings. The summed E-state index contributed by atoms with van der Waals surface area (Å²) in [4.78, 5) is 24.2. The van der Waals surface area contributed by atoms with E-state index in [9.17, 15) is 9.59 Å². The lowest BCUT2D eigenvalue weighted by molar-refractivity contribution is -0.139. The van der Waals surface area contributed by atoms with Crippen molar-refractivity contribution in [2.75, 3.05) is 39.2 Å². The van der Waals surface area contributed by atoms with Gasteiger partial charge in [0.05, 0.1) is 0 Å². The number of aliphatic carboxylic acids is 1. The number of nitrogens with one attached hydrogen (secondary N) is 2. The first-order chi connectivity index (χ1) is 7.97. The zero-order valence-electron chi connectivity index (χ0n) is 10.5. The van der Waals surface area contributed by atoms with E-state index in [-0.39, 0.29) is 0 Å². The number of carboxylic acids is 1. The van der Waals surface area contributed by atoms with Crippen molar-refractivity contribution >= 4 is 23.8 Å². The summed E-state index contributed by atoms with van der Waals surface area (Å²) >= 11 is 1.55. The Morgan fingerprint density at radius 1 is 1.41 bits per heavy atom. The lowest BCUT2D eigenvalue weighted by atomic mass is 10.2. The standard InChI is InChI=1S/C10H21N3O3S/c1-13(2)6-5-11-10(16)12-8(9(14)15)4-7-17-3/h8H,4-7H2,1-3H3,(H,14,15)(H2,11,12,16). The van der Waals surface area contributed by atoms with E-state index in [2.05, 4.69) is 10.6 Å². The number of nitrogens with zero attached hydrogens (tertiary/aromatic N) is 1. The van der Waals surface area contributed by atoms with Crippen molar-refractivity contribution in [1.82, 2.24) is 15.5 Å². The molecule has 0 rings (SSSR count). The fraction of sp³-hybridized carbons (Fsp3) is 0.800. The van der Waals surface area contributed by atoms with Crippen LogP contribution in [0.5, 0.6) is 0 Å². The predicted molar refractivity (Wildman–Crippen MR) is 69.5 cm³/mol. The van der Waals surface area contributed by atoms with Crippen LogP contribution in [0.4, 0.5) is 4.79 Å². The molecule has 0 aromatic heterocycles. The number of carboxylic acid groups (broad SMARTS) is 1. The molecule has 0 aliphatic carbocycles. The van der Waals surface area contributed by atoms with Gasteiger partial charge < -0.3 is 20.6 Å². The Hall–Kier alpha value is -0.950. The highest BCUT2D eigenvalue weighted by atomic mass is 32.2. The monoisotopic (exact) mass is 263 g/mol. The number of urea groups is 1. The molecule has 0 aliphatic heterocycles. The molecule has 3 N–H and O–H groups in total. The molecule has 2 amide bonds. The van der Waals surface area contributed by atoms with Crippen molar-refractivity contribution in [3.63, 3.8) is 0 Å². The fourth-order valence-corrected chi connectivity index (χ4v) is 1.57. The van der Waals surface area contributed by atoms with Crippen LogP contribution >= 0.6 is 11.8 Å². The molecule has 0 saturated heterocycles. The maximum Gasteiger partial charge on any atom is 0.326 e. The molecule has 0 bridgehead atoms. The lowest BCUT2D eigenvalue weighted by Crippen LogP contribution is -2.47. The largest absolute Gasteiger partial charge is 0.480 e. The highest BCUT2D eigenvalue weighted by molar-refractivity contribution is 7.98. The zero-order chi connectivity index (χ0) is 13.3. The van der Waals surface area contributed by atoms with E-state index in [1.165, 1.54) is 0 Å². The van der Waals surface area contributed by atoms with Gasteiger partial charge in [-0.05, 0) is 32.5 Å². The van der Waals surface area contributed by atoms with E-state index in [1.807, 2.05) is 25.3 Å². The number of thioether (sulfide) groups is 1. The summed E-state index contributed by atoms with van der Waals surface area (Å²) in [7, 11) is 3.80. The van der Waals surface area contributed by atoms with Gasteiger partial charge in [-0.15, -0.1) is 0 Å². The molecule has 0 aromatic rings. The van der Waals surface area contributed by atoms with E-state index >= 15 is 0 Å². The first-order valence-corrected chi connectivity index (χ1v) is 6.77. The maximum atomic E-state index is 11.4.